The molecule has 0 aromatic carbocycles. The van der Waals surface area contributed by atoms with E-state index >= 15 is 0 Å². The fourth-order valence-corrected chi connectivity index (χ4v) is 0.871. The van der Waals surface area contributed by atoms with Crippen LogP contribution in [0.2, 0.25) is 0 Å². The summed E-state index contributed by atoms with van der Waals surface area (Å²) in [4.78, 5) is 10.7. The largest absolute Gasteiger partial charge is 0.469 e. The van der Waals surface area contributed by atoms with Crippen LogP contribution in [-0.4, -0.2) is 24.3 Å². The van der Waals surface area contributed by atoms with E-state index in [1.165, 1.54) is 7.11 Å². The number of carbonyl (C=O) groups excluding carboxylic acids is 1. The van der Waals surface area contributed by atoms with Gasteiger partial charge in [0.15, 0.2) is 0 Å². The summed E-state index contributed by atoms with van der Waals surface area (Å²) < 4.78 is 4.46. The van der Waals surface area contributed by atoms with Gasteiger partial charge in [0.25, 0.3) is 0 Å². The van der Waals surface area contributed by atoms with Crippen LogP contribution < -0.4 is 0 Å². The van der Waals surface area contributed by atoms with Crippen LogP contribution >= 0.6 is 0 Å². The number of hydrogen-bond donors (Lipinski definition) is 1. The second-order valence-electron chi connectivity index (χ2n) is 2.90. The Morgan fingerprint density at radius 3 is 2.79 bits per heavy atom. The van der Waals surface area contributed by atoms with Gasteiger partial charge in [-0.15, -0.1) is 0 Å². The van der Waals surface area contributed by atoms with Gasteiger partial charge in [0, 0.05) is 6.42 Å². The Morgan fingerprint density at radius 2 is 2.21 bits per heavy atom. The smallest absolute Gasteiger partial charge is 0.305 e. The van der Waals surface area contributed by atoms with Crippen molar-refractivity contribution in [2.75, 3.05) is 7.11 Å². The summed E-state index contributed by atoms with van der Waals surface area (Å²) in [6.45, 7) is 2.04. The summed E-state index contributed by atoms with van der Waals surface area (Å²) in [7, 11) is 1.34. The van der Waals surface area contributed by atoms with Crippen LogP contribution in [0, 0.1) is 0 Å². The van der Waals surface area contributed by atoms with E-state index in [0.29, 0.717) is 6.42 Å². The van der Waals surface area contributed by atoms with Crippen LogP contribution in [0.1, 0.15) is 26.2 Å². The van der Waals surface area contributed by atoms with Crippen LogP contribution in [0.3, 0.4) is 0 Å². The second-order valence-corrected chi connectivity index (χ2v) is 2.90. The Morgan fingerprint density at radius 1 is 1.50 bits per heavy atom. The van der Waals surface area contributed by atoms with Crippen LogP contribution in [-0.2, 0) is 9.53 Å². The lowest BCUT2D eigenvalue weighted by Gasteiger charge is -2.02. The van der Waals surface area contributed by atoms with Gasteiger partial charge in [-0.3, -0.25) is 4.79 Å². The summed E-state index contributed by atoms with van der Waals surface area (Å²) in [6.07, 6.45) is 8.37. The predicted molar refractivity (Wildman–Crippen MR) is 55.8 cm³/mol. The fraction of sp³-hybridized carbons (Fsp3) is 0.545. The van der Waals surface area contributed by atoms with Crippen LogP contribution in [0.4, 0.5) is 0 Å². The molecule has 0 aliphatic carbocycles. The maximum absolute atomic E-state index is 10.7. The van der Waals surface area contributed by atoms with Crippen molar-refractivity contribution in [3.63, 3.8) is 0 Å². The summed E-state index contributed by atoms with van der Waals surface area (Å²) in [5.74, 6) is -0.290. The van der Waals surface area contributed by atoms with E-state index in [1.807, 2.05) is 19.1 Å². The molecule has 1 atom stereocenters. The molecule has 0 saturated carbocycles. The number of aliphatic hydroxyl groups excluding tert-OH is 1. The van der Waals surface area contributed by atoms with E-state index in [-0.39, 0.29) is 12.4 Å². The molecule has 80 valence electrons. The molecule has 0 fully saturated rings. The van der Waals surface area contributed by atoms with Gasteiger partial charge in [-0.25, -0.2) is 0 Å². The molecule has 0 spiro atoms. The van der Waals surface area contributed by atoms with Gasteiger partial charge in [0.2, 0.25) is 0 Å². The minimum absolute atomic E-state index is 0.250. The van der Waals surface area contributed by atoms with Gasteiger partial charge in [-0.1, -0.05) is 31.2 Å². The molecule has 0 aliphatic rings. The standard InChI is InChI=1S/C11H18O3/c1-3-4-5-6-7-10(12)8-9-11(13)14-2/h4-7,10,12H,3,8-9H2,1-2H3/b5-4+,7-6+/t10-/m1/s1. The summed E-state index contributed by atoms with van der Waals surface area (Å²) in [5, 5.41) is 9.36. The molecular formula is C11H18O3. The summed E-state index contributed by atoms with van der Waals surface area (Å²) in [5.41, 5.74) is 0. The van der Waals surface area contributed by atoms with Gasteiger partial charge in [-0.2, -0.15) is 0 Å². The van der Waals surface area contributed by atoms with E-state index in [4.69, 9.17) is 0 Å². The highest BCUT2D eigenvalue weighted by atomic mass is 16.5. The molecule has 0 aliphatic heterocycles. The Kier molecular flexibility index (Phi) is 7.84. The van der Waals surface area contributed by atoms with E-state index in [1.54, 1.807) is 12.2 Å². The van der Waals surface area contributed by atoms with E-state index in [9.17, 15) is 9.90 Å². The van der Waals surface area contributed by atoms with Crippen molar-refractivity contribution in [2.45, 2.75) is 32.3 Å². The number of esters is 1. The summed E-state index contributed by atoms with van der Waals surface area (Å²) in [6, 6.07) is 0. The second kappa shape index (κ2) is 8.51. The van der Waals surface area contributed by atoms with Crippen LogP contribution in [0.5, 0.6) is 0 Å². The van der Waals surface area contributed by atoms with Crippen molar-refractivity contribution in [2.24, 2.45) is 0 Å². The molecular weight excluding hydrogens is 180 g/mol. The number of hydrogen-bond acceptors (Lipinski definition) is 3. The normalized spacial score (nSPS) is 13.6. The lowest BCUT2D eigenvalue weighted by Crippen LogP contribution is -2.07. The third kappa shape index (κ3) is 7.55. The zero-order valence-electron chi connectivity index (χ0n) is 8.77. The summed E-state index contributed by atoms with van der Waals surface area (Å²) >= 11 is 0. The molecule has 0 saturated heterocycles. The minimum atomic E-state index is -0.574. The van der Waals surface area contributed by atoms with Crippen molar-refractivity contribution in [3.8, 4) is 0 Å². The third-order valence-corrected chi connectivity index (χ3v) is 1.69. The molecule has 0 aromatic rings. The Hall–Kier alpha value is -1.09. The maximum Gasteiger partial charge on any atom is 0.305 e. The molecule has 0 rings (SSSR count). The van der Waals surface area contributed by atoms with E-state index in [0.717, 1.165) is 6.42 Å². The van der Waals surface area contributed by atoms with Gasteiger partial charge in [0.1, 0.15) is 0 Å². The number of aliphatic hydroxyl groups is 1. The Labute approximate surface area is 85.1 Å². The molecule has 3 nitrogen and oxygen atoms in total. The molecule has 14 heavy (non-hydrogen) atoms. The van der Waals surface area contributed by atoms with E-state index in [2.05, 4.69) is 4.74 Å². The van der Waals surface area contributed by atoms with Gasteiger partial charge >= 0.3 is 5.97 Å². The first-order valence-corrected chi connectivity index (χ1v) is 4.79. The molecule has 0 heterocycles. The first-order valence-electron chi connectivity index (χ1n) is 4.79. The van der Waals surface area contributed by atoms with Crippen LogP contribution in [0.25, 0.3) is 0 Å². The monoisotopic (exact) mass is 198 g/mol. The number of carbonyl (C=O) groups is 1. The zero-order valence-corrected chi connectivity index (χ0v) is 8.77. The highest BCUT2D eigenvalue weighted by molar-refractivity contribution is 5.69. The number of ether oxygens (including phenoxy) is 1. The van der Waals surface area contributed by atoms with Crippen molar-refractivity contribution in [3.05, 3.63) is 24.3 Å². The zero-order chi connectivity index (χ0) is 10.8. The molecule has 1 N–H and O–H groups in total. The quantitative estimate of drug-likeness (QED) is 0.523. The average molecular weight is 198 g/mol. The van der Waals surface area contributed by atoms with Crippen molar-refractivity contribution >= 4 is 5.97 Å². The first kappa shape index (κ1) is 12.9. The molecule has 0 aromatic heterocycles. The molecule has 0 unspecified atom stereocenters. The minimum Gasteiger partial charge on any atom is -0.469 e. The molecule has 0 bridgehead atoms. The van der Waals surface area contributed by atoms with Crippen molar-refractivity contribution in [1.29, 1.82) is 0 Å². The fourth-order valence-electron chi connectivity index (χ4n) is 0.871. The van der Waals surface area contributed by atoms with Crippen molar-refractivity contribution < 1.29 is 14.6 Å². The average Bonchev–Trinajstić information content (AvgIpc) is 2.21. The number of rotatable bonds is 6. The Bertz CT molecular complexity index is 207. The van der Waals surface area contributed by atoms with E-state index < -0.39 is 6.10 Å². The predicted octanol–water partition coefficient (Wildman–Crippen LogP) is 1.82. The Balaban J connectivity index is 3.64. The third-order valence-electron chi connectivity index (χ3n) is 1.69. The lowest BCUT2D eigenvalue weighted by molar-refractivity contribution is -0.141. The molecule has 0 amide bonds. The van der Waals surface area contributed by atoms with Gasteiger partial charge in [0.05, 0.1) is 13.2 Å². The van der Waals surface area contributed by atoms with Gasteiger partial charge in [-0.05, 0) is 12.8 Å². The highest BCUT2D eigenvalue weighted by Crippen LogP contribution is 2.00. The van der Waals surface area contributed by atoms with Crippen LogP contribution in [0.15, 0.2) is 24.3 Å². The van der Waals surface area contributed by atoms with Gasteiger partial charge < -0.3 is 9.84 Å². The number of methoxy groups -OCH3 is 1. The highest BCUT2D eigenvalue weighted by Gasteiger charge is 2.04. The maximum atomic E-state index is 10.7. The first-order chi connectivity index (χ1) is 6.70. The lowest BCUT2D eigenvalue weighted by atomic mass is 10.2. The van der Waals surface area contributed by atoms with Crippen molar-refractivity contribution in [1.82, 2.24) is 0 Å². The molecule has 3 heteroatoms. The molecule has 0 radical (unpaired) electrons. The SMILES string of the molecule is CC/C=C/C=C/[C@@H](O)CCC(=O)OC. The topological polar surface area (TPSA) is 46.5 Å². The number of allylic oxidation sites excluding steroid dienone is 3.